The summed E-state index contributed by atoms with van der Waals surface area (Å²) in [5.74, 6) is -0.463. The van der Waals surface area contributed by atoms with Crippen LogP contribution in [0.2, 0.25) is 5.02 Å². The highest BCUT2D eigenvalue weighted by Gasteiger charge is 2.56. The molecule has 2 aromatic rings. The smallest absolute Gasteiger partial charge is 0.242 e. The molecule has 4 nitrogen and oxygen atoms in total. The number of halogens is 4. The molecule has 2 unspecified atom stereocenters. The number of benzene rings is 2. The molecule has 0 amide bonds. The van der Waals surface area contributed by atoms with E-state index < -0.39 is 26.8 Å². The number of alkyl halides is 1. The van der Waals surface area contributed by atoms with Crippen LogP contribution in [0.4, 0.5) is 8.78 Å². The number of hydrogen-bond donors (Lipinski definition) is 1. The third-order valence-corrected chi connectivity index (χ3v) is 6.99. The third kappa shape index (κ3) is 2.52. The molecular formula is C15H10BrClF2O4S. The molecule has 0 saturated carbocycles. The summed E-state index contributed by atoms with van der Waals surface area (Å²) in [5, 5.41) is 7.35. The fraction of sp³-hybridized carbons (Fsp3) is 0.200. The molecule has 3 rings (SSSR count). The molecular weight excluding hydrogens is 430 g/mol. The molecule has 128 valence electrons. The summed E-state index contributed by atoms with van der Waals surface area (Å²) in [4.78, 5) is -0.323. The largest absolute Gasteiger partial charge is 0.456 e. The minimum atomic E-state index is -4.34. The summed E-state index contributed by atoms with van der Waals surface area (Å²) in [6, 6.07) is 5.96. The Hall–Kier alpha value is -1.22. The van der Waals surface area contributed by atoms with E-state index in [2.05, 4.69) is 15.9 Å². The van der Waals surface area contributed by atoms with Crippen LogP contribution in [-0.2, 0) is 9.84 Å². The lowest BCUT2D eigenvalue weighted by Gasteiger charge is -2.17. The Morgan fingerprint density at radius 1 is 1.33 bits per heavy atom. The van der Waals surface area contributed by atoms with Gasteiger partial charge in [-0.15, -0.1) is 0 Å². The van der Waals surface area contributed by atoms with Gasteiger partial charge in [0.05, 0.1) is 9.37 Å². The topological polar surface area (TPSA) is 63.6 Å². The predicted octanol–water partition coefficient (Wildman–Crippen LogP) is 4.54. The lowest BCUT2D eigenvalue weighted by atomic mass is 10.1. The molecule has 0 aliphatic carbocycles. The van der Waals surface area contributed by atoms with Crippen molar-refractivity contribution in [3.05, 3.63) is 51.2 Å². The van der Waals surface area contributed by atoms with Crippen molar-refractivity contribution in [3.8, 4) is 11.5 Å². The monoisotopic (exact) mass is 438 g/mol. The molecule has 1 aliphatic heterocycles. The van der Waals surface area contributed by atoms with Gasteiger partial charge < -0.3 is 9.84 Å². The second-order valence-corrected chi connectivity index (χ2v) is 8.86. The van der Waals surface area contributed by atoms with Gasteiger partial charge in [0.1, 0.15) is 23.4 Å². The molecule has 0 spiro atoms. The molecule has 2 aromatic carbocycles. The molecule has 0 radical (unpaired) electrons. The van der Waals surface area contributed by atoms with Crippen molar-refractivity contribution in [2.45, 2.75) is 22.9 Å². The van der Waals surface area contributed by atoms with E-state index in [1.54, 1.807) is 0 Å². The number of sulfone groups is 1. The Kier molecular flexibility index (Phi) is 4.15. The first-order chi connectivity index (χ1) is 11.1. The fourth-order valence-electron chi connectivity index (χ4n) is 2.46. The number of ether oxygens (including phenoxy) is 1. The van der Waals surface area contributed by atoms with Gasteiger partial charge >= 0.3 is 0 Å². The quantitative estimate of drug-likeness (QED) is 0.746. The molecule has 1 heterocycles. The Bertz CT molecular complexity index is 926. The predicted molar refractivity (Wildman–Crippen MR) is 87.3 cm³/mol. The normalized spacial score (nSPS) is 24.7. The maximum atomic E-state index is 14.5. The second-order valence-electron chi connectivity index (χ2n) is 5.39. The lowest BCUT2D eigenvalue weighted by Crippen LogP contribution is -2.30. The van der Waals surface area contributed by atoms with Gasteiger partial charge in [0.2, 0.25) is 14.8 Å². The summed E-state index contributed by atoms with van der Waals surface area (Å²) in [5.41, 5.74) is -0.139. The van der Waals surface area contributed by atoms with Gasteiger partial charge in [0, 0.05) is 16.7 Å². The van der Waals surface area contributed by atoms with Gasteiger partial charge in [0.15, 0.2) is 0 Å². The average Bonchev–Trinajstić information content (AvgIpc) is 2.59. The second kappa shape index (κ2) is 5.66. The van der Waals surface area contributed by atoms with Crippen molar-refractivity contribution >= 4 is 37.4 Å². The van der Waals surface area contributed by atoms with Crippen LogP contribution < -0.4 is 4.74 Å². The van der Waals surface area contributed by atoms with Gasteiger partial charge in [-0.05, 0) is 47.1 Å². The molecule has 0 aromatic heterocycles. The molecule has 1 aliphatic rings. The van der Waals surface area contributed by atoms with Crippen LogP contribution in [0.15, 0.2) is 39.7 Å². The van der Waals surface area contributed by atoms with Gasteiger partial charge in [-0.1, -0.05) is 11.6 Å². The molecule has 24 heavy (non-hydrogen) atoms. The van der Waals surface area contributed by atoms with Gasteiger partial charge in [-0.3, -0.25) is 0 Å². The summed E-state index contributed by atoms with van der Waals surface area (Å²) in [6.07, 6.45) is -1.88. The average molecular weight is 440 g/mol. The third-order valence-electron chi connectivity index (χ3n) is 3.75. The number of hydrogen-bond acceptors (Lipinski definition) is 4. The SMILES string of the molecule is CC1(F)C(O)c2c(ccc(Oc3cc(F)cc(Cl)c3)c2Br)S1(=O)=O. The maximum absolute atomic E-state index is 14.5. The van der Waals surface area contributed by atoms with Crippen LogP contribution in [-0.4, -0.2) is 18.5 Å². The summed E-state index contributed by atoms with van der Waals surface area (Å²) < 4.78 is 57.7. The lowest BCUT2D eigenvalue weighted by molar-refractivity contribution is 0.0643. The molecule has 1 N–H and O–H groups in total. The highest BCUT2D eigenvalue weighted by molar-refractivity contribution is 9.10. The summed E-state index contributed by atoms with van der Waals surface area (Å²) >= 11 is 8.87. The van der Waals surface area contributed by atoms with Crippen LogP contribution in [0.25, 0.3) is 0 Å². The van der Waals surface area contributed by atoms with Crippen LogP contribution in [0.5, 0.6) is 11.5 Å². The summed E-state index contributed by atoms with van der Waals surface area (Å²) in [7, 11) is -4.34. The van der Waals surface area contributed by atoms with Crippen LogP contribution in [0, 0.1) is 5.82 Å². The Morgan fingerprint density at radius 2 is 2.00 bits per heavy atom. The molecule has 9 heteroatoms. The van der Waals surface area contributed by atoms with E-state index >= 15 is 0 Å². The molecule has 0 bridgehead atoms. The van der Waals surface area contributed by atoms with E-state index in [0.29, 0.717) is 0 Å². The number of rotatable bonds is 2. The molecule has 2 atom stereocenters. The highest BCUT2D eigenvalue weighted by Crippen LogP contribution is 2.52. The van der Waals surface area contributed by atoms with Crippen molar-refractivity contribution in [2.24, 2.45) is 0 Å². The maximum Gasteiger partial charge on any atom is 0.242 e. The zero-order valence-electron chi connectivity index (χ0n) is 12.1. The standard InChI is InChI=1S/C15H10BrClF2O4S/c1-15(19)14(20)12-11(24(15,21)22)3-2-10(13(12)16)23-9-5-7(17)4-8(18)6-9/h2-6,14,20H,1H3. The van der Waals surface area contributed by atoms with Crippen molar-refractivity contribution in [3.63, 3.8) is 0 Å². The van der Waals surface area contributed by atoms with E-state index in [1.165, 1.54) is 12.1 Å². The minimum absolute atomic E-state index is 0.0674. The minimum Gasteiger partial charge on any atom is -0.456 e. The number of fused-ring (bicyclic) bond motifs is 1. The van der Waals surface area contributed by atoms with Crippen molar-refractivity contribution in [1.29, 1.82) is 0 Å². The van der Waals surface area contributed by atoms with Gasteiger partial charge in [-0.25, -0.2) is 17.2 Å². The van der Waals surface area contributed by atoms with Crippen LogP contribution in [0.1, 0.15) is 18.6 Å². The van der Waals surface area contributed by atoms with Crippen LogP contribution in [0.3, 0.4) is 0 Å². The van der Waals surface area contributed by atoms with Crippen LogP contribution >= 0.6 is 27.5 Å². The Morgan fingerprint density at radius 3 is 2.62 bits per heavy atom. The number of aliphatic hydroxyl groups excluding tert-OH is 1. The van der Waals surface area contributed by atoms with Crippen molar-refractivity contribution in [1.82, 2.24) is 0 Å². The fourth-order valence-corrected chi connectivity index (χ4v) is 5.04. The Balaban J connectivity index is 2.11. The van der Waals surface area contributed by atoms with Gasteiger partial charge in [-0.2, -0.15) is 0 Å². The molecule has 0 saturated heterocycles. The van der Waals surface area contributed by atoms with E-state index in [-0.39, 0.29) is 31.5 Å². The van der Waals surface area contributed by atoms with Crippen molar-refractivity contribution < 1.29 is 27.0 Å². The Labute approximate surface area is 150 Å². The van der Waals surface area contributed by atoms with Crippen molar-refractivity contribution in [2.75, 3.05) is 0 Å². The first-order valence-electron chi connectivity index (χ1n) is 6.63. The first-order valence-corrected chi connectivity index (χ1v) is 9.29. The van der Waals surface area contributed by atoms with Gasteiger partial charge in [0.25, 0.3) is 0 Å². The highest BCUT2D eigenvalue weighted by atomic mass is 79.9. The number of aliphatic hydroxyl groups is 1. The zero-order valence-corrected chi connectivity index (χ0v) is 15.2. The van der Waals surface area contributed by atoms with E-state index in [1.807, 2.05) is 0 Å². The zero-order chi connectivity index (χ0) is 17.9. The van der Waals surface area contributed by atoms with E-state index in [4.69, 9.17) is 16.3 Å². The first kappa shape index (κ1) is 17.6. The summed E-state index contributed by atoms with van der Waals surface area (Å²) in [6.45, 7) is 0.798. The van der Waals surface area contributed by atoms with E-state index in [9.17, 15) is 22.3 Å². The van der Waals surface area contributed by atoms with E-state index in [0.717, 1.165) is 25.1 Å². The molecule has 0 fully saturated rings.